The topological polar surface area (TPSA) is 85.3 Å². The Morgan fingerprint density at radius 1 is 0.717 bits per heavy atom. The molecule has 0 aromatic heterocycles. The van der Waals surface area contributed by atoms with Gasteiger partial charge < -0.3 is 9.64 Å². The molecule has 1 fully saturated rings. The average molecular weight is 629 g/mol. The minimum absolute atomic E-state index is 0.0234. The molecule has 0 N–H and O–H groups in total. The summed E-state index contributed by atoms with van der Waals surface area (Å²) in [5.74, 6) is -0.335. The number of methoxy groups -OCH3 is 1. The second-order valence-electron chi connectivity index (χ2n) is 11.0. The van der Waals surface area contributed by atoms with E-state index < -0.39 is 12.1 Å². The SMILES string of the molecule is COC(=O)/C(=N\OC(=O)N1CCC(c2ccccc2)CC1)c1ccc(Sc2ccc(C(=O)c3cccc4ccccc34)cc2)cc1. The number of esters is 1. The molecule has 230 valence electrons. The number of ketones is 1. The van der Waals surface area contributed by atoms with Gasteiger partial charge in [-0.05, 0) is 71.5 Å². The first-order chi connectivity index (χ1) is 22.5. The van der Waals surface area contributed by atoms with Crippen LogP contribution in [-0.4, -0.2) is 48.7 Å². The Balaban J connectivity index is 1.08. The van der Waals surface area contributed by atoms with Crippen LogP contribution in [0.15, 0.2) is 136 Å². The molecule has 0 spiro atoms. The van der Waals surface area contributed by atoms with Crippen molar-refractivity contribution in [2.24, 2.45) is 5.16 Å². The summed E-state index contributed by atoms with van der Waals surface area (Å²) < 4.78 is 4.91. The van der Waals surface area contributed by atoms with Crippen molar-refractivity contribution in [1.29, 1.82) is 0 Å². The molecular weight excluding hydrogens is 596 g/mol. The summed E-state index contributed by atoms with van der Waals surface area (Å²) in [6.45, 7) is 1.09. The van der Waals surface area contributed by atoms with Crippen LogP contribution in [-0.2, 0) is 14.4 Å². The number of ether oxygens (including phenoxy) is 1. The Bertz CT molecular complexity index is 1880. The highest BCUT2D eigenvalue weighted by Crippen LogP contribution is 2.30. The molecule has 6 rings (SSSR count). The maximum Gasteiger partial charge on any atom is 0.435 e. The standard InChI is InChI=1S/C38H32N2O5S/c1-44-37(42)35(39-45-38(43)40-24-22-27(23-25-40)26-8-3-2-4-9-26)29-14-18-31(19-15-29)46-32-20-16-30(17-21-32)36(41)34-13-7-11-28-10-5-6-12-33(28)34/h2-21,27H,22-25H2,1H3/b39-35-. The predicted molar refractivity (Wildman–Crippen MR) is 179 cm³/mol. The number of carbonyl (C=O) groups is 3. The van der Waals surface area contributed by atoms with E-state index in [0.717, 1.165) is 33.4 Å². The minimum atomic E-state index is -0.706. The van der Waals surface area contributed by atoms with E-state index in [0.29, 0.717) is 35.7 Å². The molecule has 8 heteroatoms. The van der Waals surface area contributed by atoms with Gasteiger partial charge in [-0.1, -0.05) is 102 Å². The van der Waals surface area contributed by atoms with Crippen molar-refractivity contribution in [3.05, 3.63) is 144 Å². The summed E-state index contributed by atoms with van der Waals surface area (Å²) in [4.78, 5) is 47.3. The number of oxime groups is 1. The molecule has 1 aliphatic rings. The normalized spacial score (nSPS) is 13.8. The molecular formula is C38H32N2O5S. The van der Waals surface area contributed by atoms with Crippen molar-refractivity contribution >= 4 is 46.1 Å². The van der Waals surface area contributed by atoms with Crippen LogP contribution >= 0.6 is 11.8 Å². The first-order valence-electron chi connectivity index (χ1n) is 15.1. The second-order valence-corrected chi connectivity index (χ2v) is 12.1. The molecule has 5 aromatic rings. The number of fused-ring (bicyclic) bond motifs is 1. The third kappa shape index (κ3) is 7.03. The van der Waals surface area contributed by atoms with Crippen molar-refractivity contribution < 1.29 is 24.0 Å². The summed E-state index contributed by atoms with van der Waals surface area (Å²) in [5, 5.41) is 5.87. The first-order valence-corrected chi connectivity index (χ1v) is 15.9. The van der Waals surface area contributed by atoms with Gasteiger partial charge in [-0.2, -0.15) is 0 Å². The van der Waals surface area contributed by atoms with Crippen LogP contribution in [0.3, 0.4) is 0 Å². The first kappa shape index (κ1) is 30.8. The monoisotopic (exact) mass is 628 g/mol. The van der Waals surface area contributed by atoms with Crippen LogP contribution in [0.1, 0.15) is 45.8 Å². The Kier molecular flexibility index (Phi) is 9.55. The lowest BCUT2D eigenvalue weighted by atomic mass is 9.90. The van der Waals surface area contributed by atoms with E-state index in [9.17, 15) is 14.4 Å². The second kappa shape index (κ2) is 14.3. The van der Waals surface area contributed by atoms with E-state index in [4.69, 9.17) is 9.57 Å². The number of amides is 1. The lowest BCUT2D eigenvalue weighted by molar-refractivity contribution is -0.132. The third-order valence-corrected chi connectivity index (χ3v) is 9.15. The highest BCUT2D eigenvalue weighted by atomic mass is 32.2. The number of piperidine rings is 1. The van der Waals surface area contributed by atoms with Crippen LogP contribution in [0.5, 0.6) is 0 Å². The molecule has 7 nitrogen and oxygen atoms in total. The van der Waals surface area contributed by atoms with Crippen molar-refractivity contribution in [3.8, 4) is 0 Å². The van der Waals surface area contributed by atoms with E-state index in [-0.39, 0.29) is 11.5 Å². The molecule has 0 saturated carbocycles. The van der Waals surface area contributed by atoms with Crippen LogP contribution in [0, 0.1) is 0 Å². The van der Waals surface area contributed by atoms with E-state index in [2.05, 4.69) is 17.3 Å². The number of carbonyl (C=O) groups excluding carboxylic acids is 3. The Morgan fingerprint density at radius 2 is 1.33 bits per heavy atom. The molecule has 0 aliphatic carbocycles. The van der Waals surface area contributed by atoms with Gasteiger partial charge in [0.05, 0.1) is 7.11 Å². The molecule has 0 radical (unpaired) electrons. The number of hydrogen-bond donors (Lipinski definition) is 0. The quantitative estimate of drug-likeness (QED) is 0.0567. The van der Waals surface area contributed by atoms with Gasteiger partial charge in [0, 0.05) is 39.6 Å². The lowest BCUT2D eigenvalue weighted by Crippen LogP contribution is -2.38. The summed E-state index contributed by atoms with van der Waals surface area (Å²) in [6, 6.07) is 38.6. The van der Waals surface area contributed by atoms with E-state index >= 15 is 0 Å². The number of benzene rings is 5. The van der Waals surface area contributed by atoms with Gasteiger partial charge in [0.2, 0.25) is 0 Å². The van der Waals surface area contributed by atoms with Crippen LogP contribution in [0.4, 0.5) is 4.79 Å². The lowest BCUT2D eigenvalue weighted by Gasteiger charge is -2.30. The number of hydrogen-bond acceptors (Lipinski definition) is 7. The maximum absolute atomic E-state index is 13.3. The van der Waals surface area contributed by atoms with Crippen LogP contribution in [0.25, 0.3) is 10.8 Å². The van der Waals surface area contributed by atoms with E-state index in [1.54, 1.807) is 17.0 Å². The average Bonchev–Trinajstić information content (AvgIpc) is 3.12. The number of rotatable bonds is 8. The summed E-state index contributed by atoms with van der Waals surface area (Å²) in [7, 11) is 1.26. The molecule has 46 heavy (non-hydrogen) atoms. The molecule has 0 unspecified atom stereocenters. The van der Waals surface area contributed by atoms with Crippen molar-refractivity contribution in [2.45, 2.75) is 28.6 Å². The summed E-state index contributed by atoms with van der Waals surface area (Å²) in [6.07, 6.45) is 1.06. The van der Waals surface area contributed by atoms with Gasteiger partial charge in [0.15, 0.2) is 11.5 Å². The fourth-order valence-corrected chi connectivity index (χ4v) is 6.45. The zero-order chi connectivity index (χ0) is 31.9. The molecule has 1 saturated heterocycles. The molecule has 1 aliphatic heterocycles. The summed E-state index contributed by atoms with van der Waals surface area (Å²) >= 11 is 1.52. The van der Waals surface area contributed by atoms with Crippen molar-refractivity contribution in [1.82, 2.24) is 4.90 Å². The molecule has 0 bridgehead atoms. The van der Waals surface area contributed by atoms with Gasteiger partial charge in [-0.25, -0.2) is 9.59 Å². The highest BCUT2D eigenvalue weighted by molar-refractivity contribution is 7.99. The van der Waals surface area contributed by atoms with Gasteiger partial charge in [-0.15, -0.1) is 0 Å². The zero-order valence-electron chi connectivity index (χ0n) is 25.3. The van der Waals surface area contributed by atoms with Gasteiger partial charge in [0.25, 0.3) is 0 Å². The van der Waals surface area contributed by atoms with Crippen LogP contribution in [0.2, 0.25) is 0 Å². The van der Waals surface area contributed by atoms with Gasteiger partial charge in [0.1, 0.15) is 0 Å². The Hall–Kier alpha value is -5.21. The van der Waals surface area contributed by atoms with Crippen molar-refractivity contribution in [2.75, 3.05) is 20.2 Å². The Morgan fingerprint density at radius 3 is 2.00 bits per heavy atom. The number of likely N-dealkylation sites (tertiary alicyclic amines) is 1. The molecule has 5 aromatic carbocycles. The van der Waals surface area contributed by atoms with E-state index in [1.165, 1.54) is 24.4 Å². The van der Waals surface area contributed by atoms with Gasteiger partial charge in [-0.3, -0.25) is 9.63 Å². The predicted octanol–water partition coefficient (Wildman–Crippen LogP) is 8.12. The van der Waals surface area contributed by atoms with Gasteiger partial charge >= 0.3 is 12.1 Å². The molecule has 1 heterocycles. The van der Waals surface area contributed by atoms with Crippen molar-refractivity contribution in [3.63, 3.8) is 0 Å². The highest BCUT2D eigenvalue weighted by Gasteiger charge is 2.26. The fraction of sp³-hybridized carbons (Fsp3) is 0.158. The zero-order valence-corrected chi connectivity index (χ0v) is 26.1. The van der Waals surface area contributed by atoms with Crippen LogP contribution < -0.4 is 0 Å². The third-order valence-electron chi connectivity index (χ3n) is 8.13. The minimum Gasteiger partial charge on any atom is -0.464 e. The largest absolute Gasteiger partial charge is 0.464 e. The summed E-state index contributed by atoms with van der Waals surface area (Å²) in [5.41, 5.74) is 2.93. The maximum atomic E-state index is 13.3. The smallest absolute Gasteiger partial charge is 0.435 e. The number of nitrogens with zero attached hydrogens (tertiary/aromatic N) is 2. The fourth-order valence-electron chi connectivity index (χ4n) is 5.64. The molecule has 0 atom stereocenters. The Labute approximate surface area is 271 Å². The molecule has 1 amide bonds. The van der Waals surface area contributed by atoms with E-state index in [1.807, 2.05) is 97.1 Å².